The second kappa shape index (κ2) is 6.62. The van der Waals surface area contributed by atoms with Gasteiger partial charge in [0.1, 0.15) is 11.5 Å². The quantitative estimate of drug-likeness (QED) is 0.477. The maximum absolute atomic E-state index is 12.6. The molecule has 0 unspecified atom stereocenters. The van der Waals surface area contributed by atoms with Crippen LogP contribution in [0.15, 0.2) is 97.1 Å². The monoisotopic (exact) mass is 324 g/mol. The topological polar surface area (TPSA) is 26.3 Å². The van der Waals surface area contributed by atoms with Gasteiger partial charge in [-0.15, -0.1) is 0 Å². The summed E-state index contributed by atoms with van der Waals surface area (Å²) in [6, 6.07) is 27.0. The summed E-state index contributed by atoms with van der Waals surface area (Å²) in [5.74, 6) is 1.48. The predicted octanol–water partition coefficient (Wildman–Crippen LogP) is 5.39. The van der Waals surface area contributed by atoms with E-state index >= 15 is 0 Å². The molecule has 0 aromatic heterocycles. The third kappa shape index (κ3) is 3.15. The lowest BCUT2D eigenvalue weighted by Crippen LogP contribution is -2.05. The second-order valence-corrected chi connectivity index (χ2v) is 5.80. The van der Waals surface area contributed by atoms with Crippen LogP contribution >= 0.6 is 0 Å². The van der Waals surface area contributed by atoms with Crippen molar-refractivity contribution < 1.29 is 9.53 Å². The number of ether oxygens (including phenoxy) is 1. The molecule has 2 nitrogen and oxygen atoms in total. The van der Waals surface area contributed by atoms with E-state index in [1.807, 2.05) is 91.0 Å². The van der Waals surface area contributed by atoms with E-state index in [0.29, 0.717) is 5.56 Å². The Morgan fingerprint density at radius 2 is 1.40 bits per heavy atom. The molecule has 0 aliphatic carbocycles. The summed E-state index contributed by atoms with van der Waals surface area (Å²) in [5, 5.41) is 0. The van der Waals surface area contributed by atoms with E-state index in [-0.39, 0.29) is 5.78 Å². The standard InChI is InChI=1S/C23H16O2/c24-21(17-9-3-1-4-10-17)15-19-16-23(18-11-5-2-6-12-18)25-22-14-8-7-13-20(19)22/h1-16H/b19-15-. The first kappa shape index (κ1) is 15.2. The summed E-state index contributed by atoms with van der Waals surface area (Å²) < 4.78 is 6.04. The number of allylic oxidation sites excluding steroid dienone is 3. The minimum absolute atomic E-state index is 0.0176. The lowest BCUT2D eigenvalue weighted by atomic mass is 9.97. The van der Waals surface area contributed by atoms with E-state index in [0.717, 1.165) is 28.2 Å². The molecule has 0 N–H and O–H groups in total. The second-order valence-electron chi connectivity index (χ2n) is 5.80. The highest BCUT2D eigenvalue weighted by Crippen LogP contribution is 2.36. The number of rotatable bonds is 3. The molecule has 0 radical (unpaired) electrons. The van der Waals surface area contributed by atoms with E-state index in [9.17, 15) is 4.79 Å². The van der Waals surface area contributed by atoms with Crippen molar-refractivity contribution in [3.05, 3.63) is 114 Å². The molecule has 1 aliphatic rings. The molecule has 120 valence electrons. The van der Waals surface area contributed by atoms with Crippen molar-refractivity contribution in [2.45, 2.75) is 0 Å². The summed E-state index contributed by atoms with van der Waals surface area (Å²) in [7, 11) is 0. The van der Waals surface area contributed by atoms with Crippen molar-refractivity contribution in [3.63, 3.8) is 0 Å². The van der Waals surface area contributed by atoms with Crippen LogP contribution in [-0.4, -0.2) is 5.78 Å². The molecule has 0 saturated heterocycles. The summed E-state index contributed by atoms with van der Waals surface area (Å²) in [4.78, 5) is 12.6. The number of benzene rings is 3. The molecule has 0 atom stereocenters. The van der Waals surface area contributed by atoms with Gasteiger partial charge in [-0.3, -0.25) is 4.79 Å². The van der Waals surface area contributed by atoms with E-state index in [1.54, 1.807) is 6.08 Å². The van der Waals surface area contributed by atoms with Crippen molar-refractivity contribution in [3.8, 4) is 5.75 Å². The van der Waals surface area contributed by atoms with Gasteiger partial charge in [-0.2, -0.15) is 0 Å². The van der Waals surface area contributed by atoms with Crippen LogP contribution in [0.4, 0.5) is 0 Å². The maximum atomic E-state index is 12.6. The molecule has 3 aromatic carbocycles. The number of ketones is 1. The fraction of sp³-hybridized carbons (Fsp3) is 0. The summed E-state index contributed by atoms with van der Waals surface area (Å²) >= 11 is 0. The molecule has 0 fully saturated rings. The van der Waals surface area contributed by atoms with Crippen molar-refractivity contribution >= 4 is 17.1 Å². The molecule has 3 aromatic rings. The van der Waals surface area contributed by atoms with Crippen molar-refractivity contribution in [1.29, 1.82) is 0 Å². The van der Waals surface area contributed by atoms with E-state index in [2.05, 4.69) is 0 Å². The summed E-state index contributed by atoms with van der Waals surface area (Å²) in [6.45, 7) is 0. The van der Waals surface area contributed by atoms with Gasteiger partial charge in [0.05, 0.1) is 0 Å². The molecule has 2 heteroatoms. The zero-order valence-electron chi connectivity index (χ0n) is 13.6. The average Bonchev–Trinajstić information content (AvgIpc) is 2.69. The number of carbonyl (C=O) groups is 1. The van der Waals surface area contributed by atoms with E-state index in [4.69, 9.17) is 4.74 Å². The fourth-order valence-electron chi connectivity index (χ4n) is 2.85. The summed E-state index contributed by atoms with van der Waals surface area (Å²) in [6.07, 6.45) is 3.61. The Balaban J connectivity index is 1.80. The van der Waals surface area contributed by atoms with Crippen LogP contribution in [-0.2, 0) is 0 Å². The van der Waals surface area contributed by atoms with Gasteiger partial charge in [0.15, 0.2) is 5.78 Å². The van der Waals surface area contributed by atoms with Gasteiger partial charge in [0.2, 0.25) is 0 Å². The van der Waals surface area contributed by atoms with Gasteiger partial charge in [0, 0.05) is 16.7 Å². The first-order chi connectivity index (χ1) is 12.3. The predicted molar refractivity (Wildman–Crippen MR) is 100 cm³/mol. The number of hydrogen-bond acceptors (Lipinski definition) is 2. The number of fused-ring (bicyclic) bond motifs is 1. The molecule has 1 aliphatic heterocycles. The van der Waals surface area contributed by atoms with E-state index < -0.39 is 0 Å². The Kier molecular flexibility index (Phi) is 4.01. The first-order valence-corrected chi connectivity index (χ1v) is 8.17. The third-order valence-corrected chi connectivity index (χ3v) is 4.11. The Hall–Kier alpha value is -3.39. The normalized spacial score (nSPS) is 14.4. The maximum Gasteiger partial charge on any atom is 0.186 e. The largest absolute Gasteiger partial charge is 0.456 e. The smallest absolute Gasteiger partial charge is 0.186 e. The molecule has 0 spiro atoms. The van der Waals surface area contributed by atoms with Crippen LogP contribution in [0.1, 0.15) is 21.5 Å². The molecule has 0 amide bonds. The Morgan fingerprint density at radius 1 is 0.760 bits per heavy atom. The molecule has 1 heterocycles. The number of hydrogen-bond donors (Lipinski definition) is 0. The van der Waals surface area contributed by atoms with Crippen LogP contribution in [0.3, 0.4) is 0 Å². The van der Waals surface area contributed by atoms with Gasteiger partial charge >= 0.3 is 0 Å². The SMILES string of the molecule is O=C(/C=C1/C=C(c2ccccc2)Oc2ccccc21)c1ccccc1. The molecule has 0 bridgehead atoms. The minimum atomic E-state index is -0.0176. The molecule has 4 rings (SSSR count). The van der Waals surface area contributed by atoms with Crippen LogP contribution < -0.4 is 4.74 Å². The van der Waals surface area contributed by atoms with Gasteiger partial charge in [-0.25, -0.2) is 0 Å². The van der Waals surface area contributed by atoms with Gasteiger partial charge in [-0.05, 0) is 23.8 Å². The highest BCUT2D eigenvalue weighted by molar-refractivity contribution is 6.10. The van der Waals surface area contributed by atoms with Gasteiger partial charge < -0.3 is 4.74 Å². The van der Waals surface area contributed by atoms with Gasteiger partial charge in [-0.1, -0.05) is 78.9 Å². The Morgan fingerprint density at radius 3 is 2.16 bits per heavy atom. The van der Waals surface area contributed by atoms with Crippen molar-refractivity contribution in [2.24, 2.45) is 0 Å². The third-order valence-electron chi connectivity index (χ3n) is 4.11. The van der Waals surface area contributed by atoms with Gasteiger partial charge in [0.25, 0.3) is 0 Å². The Labute approximate surface area is 146 Å². The fourth-order valence-corrected chi connectivity index (χ4v) is 2.85. The number of carbonyl (C=O) groups excluding carboxylic acids is 1. The Bertz CT molecular complexity index is 967. The van der Waals surface area contributed by atoms with Crippen LogP contribution in [0.5, 0.6) is 5.75 Å². The molecular formula is C23H16O2. The highest BCUT2D eigenvalue weighted by atomic mass is 16.5. The number of para-hydroxylation sites is 1. The van der Waals surface area contributed by atoms with Crippen molar-refractivity contribution in [2.75, 3.05) is 0 Å². The molecular weight excluding hydrogens is 308 g/mol. The minimum Gasteiger partial charge on any atom is -0.456 e. The zero-order chi connectivity index (χ0) is 17.1. The van der Waals surface area contributed by atoms with Crippen LogP contribution in [0.2, 0.25) is 0 Å². The van der Waals surface area contributed by atoms with Crippen molar-refractivity contribution in [1.82, 2.24) is 0 Å². The van der Waals surface area contributed by atoms with E-state index in [1.165, 1.54) is 0 Å². The van der Waals surface area contributed by atoms with Crippen LogP contribution in [0, 0.1) is 0 Å². The lowest BCUT2D eigenvalue weighted by molar-refractivity contribution is 0.104. The highest BCUT2D eigenvalue weighted by Gasteiger charge is 2.18. The first-order valence-electron chi connectivity index (χ1n) is 8.17. The molecule has 25 heavy (non-hydrogen) atoms. The summed E-state index contributed by atoms with van der Waals surface area (Å²) in [5.41, 5.74) is 3.43. The molecule has 0 saturated carbocycles. The zero-order valence-corrected chi connectivity index (χ0v) is 13.6. The average molecular weight is 324 g/mol. The van der Waals surface area contributed by atoms with Crippen LogP contribution in [0.25, 0.3) is 11.3 Å². The lowest BCUT2D eigenvalue weighted by Gasteiger charge is -2.20.